The summed E-state index contributed by atoms with van der Waals surface area (Å²) in [5, 5.41) is 3.76. The van der Waals surface area contributed by atoms with E-state index in [0.717, 1.165) is 22.5 Å². The average Bonchev–Trinajstić information content (AvgIpc) is 2.92. The highest BCUT2D eigenvalue weighted by Gasteiger charge is 2.36. The molecule has 1 aromatic heterocycles. The van der Waals surface area contributed by atoms with Gasteiger partial charge in [0, 0.05) is 42.2 Å². The van der Waals surface area contributed by atoms with Crippen LogP contribution in [0.1, 0.15) is 38.6 Å². The standard InChI is InChI=1S/C29H24F3N3O3/c30-29(31,32)38-26-11-5-4-10-22(26)27(36)34-25-14-16-35(18-23(25)19-7-2-1-3-8-19)28(37)21-12-13-24-20(17-21)9-6-15-33-24/h1-13,15,17,23,25H,14,16,18H2,(H,34,36)/t23-,25-/m1/s1. The van der Waals surface area contributed by atoms with E-state index in [9.17, 15) is 22.8 Å². The van der Waals surface area contributed by atoms with Gasteiger partial charge < -0.3 is 15.0 Å². The Morgan fingerprint density at radius 1 is 0.947 bits per heavy atom. The maximum Gasteiger partial charge on any atom is 0.573 e. The quantitative estimate of drug-likeness (QED) is 0.375. The number of carbonyl (C=O) groups is 2. The smallest absolute Gasteiger partial charge is 0.405 e. The van der Waals surface area contributed by atoms with Gasteiger partial charge in [-0.3, -0.25) is 14.6 Å². The minimum atomic E-state index is -4.92. The molecule has 9 heteroatoms. The number of ether oxygens (including phenoxy) is 1. The van der Waals surface area contributed by atoms with Crippen LogP contribution in [0.4, 0.5) is 13.2 Å². The Hall–Kier alpha value is -4.40. The van der Waals surface area contributed by atoms with Crippen LogP contribution in [0.5, 0.6) is 5.75 Å². The number of halogens is 3. The highest BCUT2D eigenvalue weighted by Crippen LogP contribution is 2.31. The molecule has 1 saturated heterocycles. The van der Waals surface area contributed by atoms with Crippen molar-refractivity contribution < 1.29 is 27.5 Å². The highest BCUT2D eigenvalue weighted by atomic mass is 19.4. The van der Waals surface area contributed by atoms with Crippen LogP contribution in [0.15, 0.2) is 91.1 Å². The van der Waals surface area contributed by atoms with E-state index in [1.165, 1.54) is 18.2 Å². The summed E-state index contributed by atoms with van der Waals surface area (Å²) in [5.74, 6) is -1.63. The summed E-state index contributed by atoms with van der Waals surface area (Å²) in [7, 11) is 0. The minimum Gasteiger partial charge on any atom is -0.405 e. The number of benzene rings is 3. The van der Waals surface area contributed by atoms with E-state index in [-0.39, 0.29) is 17.4 Å². The maximum atomic E-state index is 13.4. The van der Waals surface area contributed by atoms with Crippen LogP contribution in [0.3, 0.4) is 0 Å². The third-order valence-corrected chi connectivity index (χ3v) is 6.65. The molecule has 2 amide bonds. The van der Waals surface area contributed by atoms with Crippen molar-refractivity contribution in [2.45, 2.75) is 24.7 Å². The first-order chi connectivity index (χ1) is 18.3. The van der Waals surface area contributed by atoms with Crippen LogP contribution >= 0.6 is 0 Å². The number of nitrogens with one attached hydrogen (secondary N) is 1. The van der Waals surface area contributed by atoms with Crippen LogP contribution < -0.4 is 10.1 Å². The fourth-order valence-corrected chi connectivity index (χ4v) is 4.85. The average molecular weight is 520 g/mol. The van der Waals surface area contributed by atoms with Crippen molar-refractivity contribution in [3.8, 4) is 5.75 Å². The topological polar surface area (TPSA) is 71.5 Å². The molecule has 0 bridgehead atoms. The third-order valence-electron chi connectivity index (χ3n) is 6.65. The molecule has 1 aliphatic rings. The largest absolute Gasteiger partial charge is 0.573 e. The van der Waals surface area contributed by atoms with Gasteiger partial charge in [-0.2, -0.15) is 0 Å². The minimum absolute atomic E-state index is 0.134. The van der Waals surface area contributed by atoms with E-state index in [1.807, 2.05) is 54.6 Å². The second-order valence-electron chi connectivity index (χ2n) is 9.09. The number of para-hydroxylation sites is 1. The first-order valence-corrected chi connectivity index (χ1v) is 12.1. The Bertz CT molecular complexity index is 1460. The lowest BCUT2D eigenvalue weighted by atomic mass is 9.85. The monoisotopic (exact) mass is 519 g/mol. The number of nitrogens with zero attached hydrogens (tertiary/aromatic N) is 2. The zero-order valence-corrected chi connectivity index (χ0v) is 20.2. The normalized spacial score (nSPS) is 17.7. The predicted molar refractivity (Wildman–Crippen MR) is 136 cm³/mol. The third kappa shape index (κ3) is 5.61. The van der Waals surface area contributed by atoms with Gasteiger partial charge in [-0.25, -0.2) is 0 Å². The van der Waals surface area contributed by atoms with Gasteiger partial charge in [0.05, 0.1) is 11.1 Å². The molecule has 1 aliphatic heterocycles. The van der Waals surface area contributed by atoms with E-state index in [2.05, 4.69) is 15.0 Å². The first-order valence-electron chi connectivity index (χ1n) is 12.1. The number of amides is 2. The van der Waals surface area contributed by atoms with Crippen LogP contribution in [0.25, 0.3) is 10.9 Å². The van der Waals surface area contributed by atoms with Crippen LogP contribution in [0, 0.1) is 0 Å². The summed E-state index contributed by atoms with van der Waals surface area (Å²) in [6, 6.07) is 23.4. The summed E-state index contributed by atoms with van der Waals surface area (Å²) in [6.45, 7) is 0.707. The van der Waals surface area contributed by atoms with E-state index >= 15 is 0 Å². The number of aromatic nitrogens is 1. The molecule has 4 aromatic rings. The summed E-state index contributed by atoms with van der Waals surface area (Å²) >= 11 is 0. The lowest BCUT2D eigenvalue weighted by molar-refractivity contribution is -0.274. The number of rotatable bonds is 5. The van der Waals surface area contributed by atoms with Gasteiger partial charge in [0.2, 0.25) is 0 Å². The molecule has 2 atom stereocenters. The van der Waals surface area contributed by atoms with Gasteiger partial charge in [-0.05, 0) is 48.4 Å². The number of piperidine rings is 1. The van der Waals surface area contributed by atoms with Crippen molar-refractivity contribution in [2.24, 2.45) is 0 Å². The van der Waals surface area contributed by atoms with Crippen molar-refractivity contribution in [1.29, 1.82) is 0 Å². The molecule has 1 fully saturated rings. The molecular weight excluding hydrogens is 495 g/mol. The van der Waals surface area contributed by atoms with E-state index < -0.39 is 24.1 Å². The SMILES string of the molecule is O=C(N[C@@H]1CCN(C(=O)c2ccc3ncccc3c2)C[C@@H]1c1ccccc1)c1ccccc1OC(F)(F)F. The number of hydrogen-bond donors (Lipinski definition) is 1. The summed E-state index contributed by atoms with van der Waals surface area (Å²) in [6.07, 6.45) is -2.80. The van der Waals surface area contributed by atoms with E-state index in [0.29, 0.717) is 25.1 Å². The van der Waals surface area contributed by atoms with E-state index in [4.69, 9.17) is 0 Å². The van der Waals surface area contributed by atoms with Crippen molar-refractivity contribution in [3.05, 3.63) is 108 Å². The molecule has 5 rings (SSSR count). The molecule has 2 heterocycles. The number of pyridine rings is 1. The molecular formula is C29H24F3N3O3. The summed E-state index contributed by atoms with van der Waals surface area (Å²) in [4.78, 5) is 32.6. The van der Waals surface area contributed by atoms with Gasteiger partial charge >= 0.3 is 6.36 Å². The Morgan fingerprint density at radius 3 is 2.50 bits per heavy atom. The van der Waals surface area contributed by atoms with Gasteiger partial charge in [0.25, 0.3) is 11.8 Å². The van der Waals surface area contributed by atoms with Crippen LogP contribution in [-0.4, -0.2) is 47.2 Å². The van der Waals surface area contributed by atoms with Crippen molar-refractivity contribution in [2.75, 3.05) is 13.1 Å². The van der Waals surface area contributed by atoms with Crippen LogP contribution in [0.2, 0.25) is 0 Å². The molecule has 0 aliphatic carbocycles. The maximum absolute atomic E-state index is 13.4. The number of alkyl halides is 3. The molecule has 3 aromatic carbocycles. The molecule has 0 radical (unpaired) electrons. The number of likely N-dealkylation sites (tertiary alicyclic amines) is 1. The molecule has 0 spiro atoms. The number of fused-ring (bicyclic) bond motifs is 1. The molecule has 194 valence electrons. The van der Waals surface area contributed by atoms with Gasteiger partial charge in [0.15, 0.2) is 0 Å². The number of hydrogen-bond acceptors (Lipinski definition) is 4. The Morgan fingerprint density at radius 2 is 1.71 bits per heavy atom. The fourth-order valence-electron chi connectivity index (χ4n) is 4.85. The lowest BCUT2D eigenvalue weighted by Gasteiger charge is -2.39. The fraction of sp³-hybridized carbons (Fsp3) is 0.207. The summed E-state index contributed by atoms with van der Waals surface area (Å²) < 4.78 is 42.7. The predicted octanol–water partition coefficient (Wildman–Crippen LogP) is 5.56. The zero-order chi connectivity index (χ0) is 26.7. The lowest BCUT2D eigenvalue weighted by Crippen LogP contribution is -2.51. The summed E-state index contributed by atoms with van der Waals surface area (Å²) in [5.41, 5.74) is 2.04. The van der Waals surface area contributed by atoms with E-state index in [1.54, 1.807) is 17.2 Å². The zero-order valence-electron chi connectivity index (χ0n) is 20.2. The van der Waals surface area contributed by atoms with Gasteiger partial charge in [-0.15, -0.1) is 13.2 Å². The van der Waals surface area contributed by atoms with Crippen molar-refractivity contribution >= 4 is 22.7 Å². The van der Waals surface area contributed by atoms with Crippen LogP contribution in [-0.2, 0) is 0 Å². The molecule has 0 unspecified atom stereocenters. The van der Waals surface area contributed by atoms with Crippen molar-refractivity contribution in [1.82, 2.24) is 15.2 Å². The number of carbonyl (C=O) groups excluding carboxylic acids is 2. The second-order valence-corrected chi connectivity index (χ2v) is 9.09. The Balaban J connectivity index is 1.38. The highest BCUT2D eigenvalue weighted by molar-refractivity contribution is 5.98. The van der Waals surface area contributed by atoms with Gasteiger partial charge in [0.1, 0.15) is 5.75 Å². The molecule has 6 nitrogen and oxygen atoms in total. The van der Waals surface area contributed by atoms with Gasteiger partial charge in [-0.1, -0.05) is 48.5 Å². The second kappa shape index (κ2) is 10.5. The Kier molecular flexibility index (Phi) is 7.00. The first kappa shape index (κ1) is 25.3. The molecule has 1 N–H and O–H groups in total. The van der Waals surface area contributed by atoms with Crippen molar-refractivity contribution in [3.63, 3.8) is 0 Å². The molecule has 38 heavy (non-hydrogen) atoms. The Labute approximate surface area is 217 Å². The molecule has 0 saturated carbocycles.